The molecule has 0 unspecified atom stereocenters. The molecule has 116 valence electrons. The molecule has 0 aromatic heterocycles. The lowest BCUT2D eigenvalue weighted by Gasteiger charge is -2.29. The van der Waals surface area contributed by atoms with Gasteiger partial charge in [0.05, 0.1) is 0 Å². The summed E-state index contributed by atoms with van der Waals surface area (Å²) in [5.74, 6) is 1.20. The van der Waals surface area contributed by atoms with Gasteiger partial charge >= 0.3 is 0 Å². The van der Waals surface area contributed by atoms with Crippen LogP contribution in [-0.4, -0.2) is 30.8 Å². The summed E-state index contributed by atoms with van der Waals surface area (Å²) in [5.41, 5.74) is 5.95. The molecule has 4 N–H and O–H groups in total. The van der Waals surface area contributed by atoms with Crippen LogP contribution in [0.3, 0.4) is 0 Å². The summed E-state index contributed by atoms with van der Waals surface area (Å²) < 4.78 is 0. The maximum absolute atomic E-state index is 9.14. The highest BCUT2D eigenvalue weighted by molar-refractivity contribution is 14.0. The van der Waals surface area contributed by atoms with Crippen LogP contribution in [0.4, 0.5) is 0 Å². The Morgan fingerprint density at radius 1 is 1.32 bits per heavy atom. The van der Waals surface area contributed by atoms with Crippen molar-refractivity contribution in [2.75, 3.05) is 19.7 Å². The monoisotopic (exact) mass is 385 g/mol. The molecule has 0 aliphatic rings. The Labute approximate surface area is 135 Å². The summed E-state index contributed by atoms with van der Waals surface area (Å²) in [6, 6.07) is 0. The van der Waals surface area contributed by atoms with Crippen molar-refractivity contribution in [2.24, 2.45) is 22.1 Å². The topological polar surface area (TPSA) is 70.6 Å². The Morgan fingerprint density at radius 2 is 1.89 bits per heavy atom. The predicted molar refractivity (Wildman–Crippen MR) is 94.1 cm³/mol. The lowest BCUT2D eigenvalue weighted by Crippen LogP contribution is -2.35. The van der Waals surface area contributed by atoms with E-state index in [4.69, 9.17) is 10.8 Å². The molecule has 0 bridgehead atoms. The highest BCUT2D eigenvalue weighted by Gasteiger charge is 2.25. The number of aliphatic imine (C=N–C) groups is 1. The second-order valence-electron chi connectivity index (χ2n) is 5.49. The fourth-order valence-electron chi connectivity index (χ4n) is 1.94. The van der Waals surface area contributed by atoms with Crippen molar-refractivity contribution >= 4 is 29.9 Å². The van der Waals surface area contributed by atoms with Gasteiger partial charge in [0.25, 0.3) is 0 Å². The average molecular weight is 385 g/mol. The zero-order chi connectivity index (χ0) is 14.0. The van der Waals surface area contributed by atoms with Crippen molar-refractivity contribution in [3.63, 3.8) is 0 Å². The SMILES string of the molecule is CCC(CC)(CCO)CN=C(N)NCCC(C)C.I. The number of nitrogens with zero attached hydrogens (tertiary/aromatic N) is 1. The average Bonchev–Trinajstić information content (AvgIpc) is 2.34. The largest absolute Gasteiger partial charge is 0.396 e. The minimum absolute atomic E-state index is 0. The maximum atomic E-state index is 9.14. The van der Waals surface area contributed by atoms with Crippen LogP contribution in [0, 0.1) is 11.3 Å². The summed E-state index contributed by atoms with van der Waals surface area (Å²) in [7, 11) is 0. The predicted octanol–water partition coefficient (Wildman–Crippen LogP) is 2.74. The summed E-state index contributed by atoms with van der Waals surface area (Å²) in [6.07, 6.45) is 3.93. The van der Waals surface area contributed by atoms with E-state index in [2.05, 4.69) is 38.0 Å². The van der Waals surface area contributed by atoms with E-state index in [1.807, 2.05) is 0 Å². The Balaban J connectivity index is 0. The number of aliphatic hydroxyl groups is 1. The van der Waals surface area contributed by atoms with Gasteiger partial charge in [0.15, 0.2) is 5.96 Å². The lowest BCUT2D eigenvalue weighted by atomic mass is 9.79. The minimum atomic E-state index is 0. The second-order valence-corrected chi connectivity index (χ2v) is 5.49. The summed E-state index contributed by atoms with van der Waals surface area (Å²) in [6.45, 7) is 10.5. The molecule has 0 heterocycles. The van der Waals surface area contributed by atoms with E-state index in [0.29, 0.717) is 18.4 Å². The van der Waals surface area contributed by atoms with Crippen molar-refractivity contribution in [1.82, 2.24) is 5.32 Å². The van der Waals surface area contributed by atoms with Gasteiger partial charge in [-0.05, 0) is 37.0 Å². The van der Waals surface area contributed by atoms with Gasteiger partial charge in [0.1, 0.15) is 0 Å². The first-order valence-electron chi connectivity index (χ1n) is 7.14. The number of halogens is 1. The first-order valence-corrected chi connectivity index (χ1v) is 7.14. The van der Waals surface area contributed by atoms with Crippen molar-refractivity contribution < 1.29 is 5.11 Å². The van der Waals surface area contributed by atoms with E-state index in [1.165, 1.54) is 0 Å². The molecule has 0 aliphatic heterocycles. The number of nitrogens with one attached hydrogen (secondary N) is 1. The summed E-state index contributed by atoms with van der Waals surface area (Å²) >= 11 is 0. The molecule has 19 heavy (non-hydrogen) atoms. The van der Waals surface area contributed by atoms with Gasteiger partial charge in [-0.25, -0.2) is 0 Å². The first-order chi connectivity index (χ1) is 8.49. The smallest absolute Gasteiger partial charge is 0.188 e. The van der Waals surface area contributed by atoms with Crippen molar-refractivity contribution in [3.05, 3.63) is 0 Å². The molecule has 0 atom stereocenters. The highest BCUT2D eigenvalue weighted by atomic mass is 127. The fraction of sp³-hybridized carbons (Fsp3) is 0.929. The van der Waals surface area contributed by atoms with Crippen molar-refractivity contribution in [3.8, 4) is 0 Å². The van der Waals surface area contributed by atoms with E-state index in [-0.39, 0.29) is 36.0 Å². The van der Waals surface area contributed by atoms with Crippen LogP contribution in [0.5, 0.6) is 0 Å². The van der Waals surface area contributed by atoms with Gasteiger partial charge < -0.3 is 16.2 Å². The Morgan fingerprint density at radius 3 is 2.32 bits per heavy atom. The van der Waals surface area contributed by atoms with E-state index >= 15 is 0 Å². The fourth-order valence-corrected chi connectivity index (χ4v) is 1.94. The van der Waals surface area contributed by atoms with E-state index < -0.39 is 0 Å². The Hall–Kier alpha value is -0.0400. The summed E-state index contributed by atoms with van der Waals surface area (Å²) in [5, 5.41) is 12.3. The number of aliphatic hydroxyl groups excluding tert-OH is 1. The number of nitrogens with two attached hydrogens (primary N) is 1. The van der Waals surface area contributed by atoms with Crippen molar-refractivity contribution in [1.29, 1.82) is 0 Å². The van der Waals surface area contributed by atoms with E-state index in [9.17, 15) is 0 Å². The zero-order valence-corrected chi connectivity index (χ0v) is 15.2. The van der Waals surface area contributed by atoms with Crippen LogP contribution < -0.4 is 11.1 Å². The van der Waals surface area contributed by atoms with Crippen LogP contribution >= 0.6 is 24.0 Å². The molecule has 0 rings (SSSR count). The van der Waals surface area contributed by atoms with Crippen LogP contribution in [0.2, 0.25) is 0 Å². The molecule has 5 heteroatoms. The number of guanidine groups is 1. The van der Waals surface area contributed by atoms with Gasteiger partial charge in [-0.1, -0.05) is 27.7 Å². The van der Waals surface area contributed by atoms with Gasteiger partial charge in [0.2, 0.25) is 0 Å². The third-order valence-corrected chi connectivity index (χ3v) is 3.75. The minimum Gasteiger partial charge on any atom is -0.396 e. The summed E-state index contributed by atoms with van der Waals surface area (Å²) in [4.78, 5) is 4.43. The molecule has 0 aliphatic carbocycles. The Kier molecular flexibility index (Phi) is 13.2. The molecule has 0 saturated carbocycles. The molecule has 4 nitrogen and oxygen atoms in total. The van der Waals surface area contributed by atoms with Gasteiger partial charge in [-0.2, -0.15) is 0 Å². The third-order valence-electron chi connectivity index (χ3n) is 3.75. The number of hydrogen-bond acceptors (Lipinski definition) is 2. The van der Waals surface area contributed by atoms with Crippen LogP contribution in [0.25, 0.3) is 0 Å². The van der Waals surface area contributed by atoms with E-state index in [0.717, 1.165) is 32.2 Å². The van der Waals surface area contributed by atoms with Gasteiger partial charge in [0, 0.05) is 19.7 Å². The standard InChI is InChI=1S/C14H31N3O.HI/c1-5-14(6-2,8-10-18)11-17-13(15)16-9-7-12(3)4;/h12,18H,5-11H2,1-4H3,(H3,15,16,17);1H. The molecular formula is C14H32IN3O. The second kappa shape index (κ2) is 11.8. The number of hydrogen-bond donors (Lipinski definition) is 3. The highest BCUT2D eigenvalue weighted by Crippen LogP contribution is 2.30. The molecule has 0 amide bonds. The van der Waals surface area contributed by atoms with Crippen LogP contribution in [0.1, 0.15) is 53.4 Å². The third kappa shape index (κ3) is 9.49. The number of rotatable bonds is 9. The van der Waals surface area contributed by atoms with Gasteiger partial charge in [-0.15, -0.1) is 24.0 Å². The van der Waals surface area contributed by atoms with E-state index in [1.54, 1.807) is 0 Å². The Bertz CT molecular complexity index is 241. The molecule has 0 spiro atoms. The molecule has 0 saturated heterocycles. The normalized spacial score (nSPS) is 12.4. The van der Waals surface area contributed by atoms with Crippen LogP contribution in [0.15, 0.2) is 4.99 Å². The molecule has 0 radical (unpaired) electrons. The maximum Gasteiger partial charge on any atom is 0.188 e. The van der Waals surface area contributed by atoms with Crippen LogP contribution in [-0.2, 0) is 0 Å². The van der Waals surface area contributed by atoms with Crippen molar-refractivity contribution in [2.45, 2.75) is 53.4 Å². The zero-order valence-electron chi connectivity index (χ0n) is 12.9. The quantitative estimate of drug-likeness (QED) is 0.325. The van der Waals surface area contributed by atoms with Gasteiger partial charge in [-0.3, -0.25) is 4.99 Å². The lowest BCUT2D eigenvalue weighted by molar-refractivity contribution is 0.175. The molecule has 0 aromatic carbocycles. The molecule has 0 fully saturated rings. The molecule has 0 aromatic rings. The first kappa shape index (κ1) is 21.3. The molecular weight excluding hydrogens is 353 g/mol.